The van der Waals surface area contributed by atoms with Crippen molar-refractivity contribution in [2.24, 2.45) is 0 Å². The van der Waals surface area contributed by atoms with Crippen molar-refractivity contribution in [1.29, 1.82) is 0 Å². The van der Waals surface area contributed by atoms with Crippen molar-refractivity contribution < 1.29 is 14.3 Å². The van der Waals surface area contributed by atoms with Crippen LogP contribution in [0.3, 0.4) is 0 Å². The number of fused-ring (bicyclic) bond motifs is 1. The van der Waals surface area contributed by atoms with Gasteiger partial charge in [-0.15, -0.1) is 0 Å². The Kier molecular flexibility index (Phi) is 5.03. The number of para-hydroxylation sites is 1. The lowest BCUT2D eigenvalue weighted by Gasteiger charge is -2.11. The van der Waals surface area contributed by atoms with Crippen molar-refractivity contribution in [3.05, 3.63) is 48.3 Å². The highest BCUT2D eigenvalue weighted by Gasteiger charge is 2.14. The average Bonchev–Trinajstić information content (AvgIpc) is 2.64. The van der Waals surface area contributed by atoms with Crippen molar-refractivity contribution in [1.82, 2.24) is 15.0 Å². The van der Waals surface area contributed by atoms with Crippen LogP contribution in [-0.4, -0.2) is 34.1 Å². The number of nitrogens with zero attached hydrogens (tertiary/aromatic N) is 3. The van der Waals surface area contributed by atoms with Gasteiger partial charge in [-0.3, -0.25) is 4.79 Å². The van der Waals surface area contributed by atoms with Gasteiger partial charge in [0.25, 0.3) is 5.91 Å². The number of ether oxygens (including phenoxy) is 2. The maximum Gasteiger partial charge on any atom is 0.319 e. The number of anilines is 1. The van der Waals surface area contributed by atoms with Crippen molar-refractivity contribution >= 4 is 22.5 Å². The van der Waals surface area contributed by atoms with Gasteiger partial charge in [0.15, 0.2) is 0 Å². The van der Waals surface area contributed by atoms with Gasteiger partial charge in [0, 0.05) is 5.39 Å². The van der Waals surface area contributed by atoms with Gasteiger partial charge in [-0.2, -0.15) is 4.98 Å². The molecule has 0 fully saturated rings. The standard InChI is InChI=1S/C18H18N4O3/c1-3-24-17-15(11-19-18(22-17)25-4-2)21-16(23)14-10-9-12-7-5-6-8-13(12)20-14/h5-11H,3-4H2,1-2H3,(H,21,23). The first-order valence-corrected chi connectivity index (χ1v) is 8.01. The van der Waals surface area contributed by atoms with E-state index in [1.54, 1.807) is 6.07 Å². The molecular weight excluding hydrogens is 320 g/mol. The second-order valence-corrected chi connectivity index (χ2v) is 5.08. The number of hydrogen-bond acceptors (Lipinski definition) is 6. The van der Waals surface area contributed by atoms with Gasteiger partial charge in [0.05, 0.1) is 24.9 Å². The lowest BCUT2D eigenvalue weighted by atomic mass is 10.2. The summed E-state index contributed by atoms with van der Waals surface area (Å²) < 4.78 is 10.7. The predicted molar refractivity (Wildman–Crippen MR) is 94.1 cm³/mol. The first kappa shape index (κ1) is 16.6. The summed E-state index contributed by atoms with van der Waals surface area (Å²) in [4.78, 5) is 25.1. The molecule has 0 aliphatic carbocycles. The van der Waals surface area contributed by atoms with Gasteiger partial charge in [-0.25, -0.2) is 9.97 Å². The van der Waals surface area contributed by atoms with Gasteiger partial charge in [-0.1, -0.05) is 24.3 Å². The number of pyridine rings is 1. The van der Waals surface area contributed by atoms with Crippen molar-refractivity contribution in [3.8, 4) is 11.9 Å². The zero-order valence-corrected chi connectivity index (χ0v) is 14.0. The molecule has 0 aliphatic rings. The monoisotopic (exact) mass is 338 g/mol. The van der Waals surface area contributed by atoms with Crippen LogP contribution in [-0.2, 0) is 0 Å². The number of carbonyl (C=O) groups excluding carboxylic acids is 1. The summed E-state index contributed by atoms with van der Waals surface area (Å²) >= 11 is 0. The van der Waals surface area contributed by atoms with Crippen LogP contribution in [0, 0.1) is 0 Å². The fourth-order valence-corrected chi connectivity index (χ4v) is 2.26. The molecule has 0 spiro atoms. The molecule has 2 heterocycles. The third kappa shape index (κ3) is 3.82. The molecule has 0 radical (unpaired) electrons. The molecule has 0 saturated carbocycles. The first-order chi connectivity index (χ1) is 12.2. The summed E-state index contributed by atoms with van der Waals surface area (Å²) in [7, 11) is 0. The molecule has 0 saturated heterocycles. The van der Waals surface area contributed by atoms with E-state index in [4.69, 9.17) is 9.47 Å². The summed E-state index contributed by atoms with van der Waals surface area (Å²) in [5.41, 5.74) is 1.42. The maximum atomic E-state index is 12.5. The summed E-state index contributed by atoms with van der Waals surface area (Å²) in [5, 5.41) is 3.71. The van der Waals surface area contributed by atoms with Crippen molar-refractivity contribution in [3.63, 3.8) is 0 Å². The largest absolute Gasteiger partial charge is 0.476 e. The lowest BCUT2D eigenvalue weighted by Crippen LogP contribution is -2.15. The van der Waals surface area contributed by atoms with Crippen LogP contribution in [0.1, 0.15) is 24.3 Å². The molecule has 25 heavy (non-hydrogen) atoms. The molecule has 0 atom stereocenters. The average molecular weight is 338 g/mol. The molecule has 2 aromatic heterocycles. The predicted octanol–water partition coefficient (Wildman–Crippen LogP) is 3.07. The molecule has 0 aliphatic heterocycles. The molecule has 3 rings (SSSR count). The first-order valence-electron chi connectivity index (χ1n) is 8.01. The van der Waals surface area contributed by atoms with Crippen LogP contribution in [0.2, 0.25) is 0 Å². The van der Waals surface area contributed by atoms with Gasteiger partial charge >= 0.3 is 6.01 Å². The van der Waals surface area contributed by atoms with E-state index in [2.05, 4.69) is 20.3 Å². The summed E-state index contributed by atoms with van der Waals surface area (Å²) in [6.07, 6.45) is 1.46. The fraction of sp³-hybridized carbons (Fsp3) is 0.222. The Balaban J connectivity index is 1.85. The molecule has 7 nitrogen and oxygen atoms in total. The summed E-state index contributed by atoms with van der Waals surface area (Å²) in [6.45, 7) is 4.52. The number of carbonyl (C=O) groups is 1. The minimum absolute atomic E-state index is 0.202. The Morgan fingerprint density at radius 3 is 2.64 bits per heavy atom. The van der Waals surface area contributed by atoms with Gasteiger partial charge in [0.1, 0.15) is 11.4 Å². The topological polar surface area (TPSA) is 86.2 Å². The van der Waals surface area contributed by atoms with Crippen LogP contribution in [0.25, 0.3) is 10.9 Å². The van der Waals surface area contributed by atoms with Crippen molar-refractivity contribution in [2.75, 3.05) is 18.5 Å². The molecule has 7 heteroatoms. The minimum Gasteiger partial charge on any atom is -0.476 e. The molecule has 1 N–H and O–H groups in total. The van der Waals surface area contributed by atoms with E-state index in [1.165, 1.54) is 6.20 Å². The van der Waals surface area contributed by atoms with E-state index in [1.807, 2.05) is 44.2 Å². The van der Waals surface area contributed by atoms with Gasteiger partial charge in [-0.05, 0) is 26.0 Å². The molecule has 1 amide bonds. The van der Waals surface area contributed by atoms with E-state index in [0.717, 1.165) is 10.9 Å². The molecule has 0 bridgehead atoms. The normalized spacial score (nSPS) is 10.5. The molecule has 3 aromatic rings. The van der Waals surface area contributed by atoms with E-state index in [0.29, 0.717) is 24.6 Å². The quantitative estimate of drug-likeness (QED) is 0.743. The maximum absolute atomic E-state index is 12.5. The number of rotatable bonds is 6. The number of nitrogens with one attached hydrogen (secondary N) is 1. The van der Waals surface area contributed by atoms with Gasteiger partial charge in [0.2, 0.25) is 5.88 Å². The molecule has 0 unspecified atom stereocenters. The number of aromatic nitrogens is 3. The van der Waals surface area contributed by atoms with Crippen molar-refractivity contribution in [2.45, 2.75) is 13.8 Å². The fourth-order valence-electron chi connectivity index (χ4n) is 2.26. The lowest BCUT2D eigenvalue weighted by molar-refractivity contribution is 0.102. The summed E-state index contributed by atoms with van der Waals surface area (Å²) in [5.74, 6) is -0.102. The Hall–Kier alpha value is -3.22. The Morgan fingerprint density at radius 1 is 1.04 bits per heavy atom. The Bertz CT molecular complexity index is 898. The molecule has 1 aromatic carbocycles. The Morgan fingerprint density at radius 2 is 1.84 bits per heavy atom. The van der Waals surface area contributed by atoms with E-state index in [9.17, 15) is 4.79 Å². The number of amides is 1. The smallest absolute Gasteiger partial charge is 0.319 e. The second-order valence-electron chi connectivity index (χ2n) is 5.08. The van der Waals surface area contributed by atoms with E-state index < -0.39 is 0 Å². The van der Waals surface area contributed by atoms with Crippen LogP contribution < -0.4 is 14.8 Å². The van der Waals surface area contributed by atoms with Gasteiger partial charge < -0.3 is 14.8 Å². The van der Waals surface area contributed by atoms with Crippen LogP contribution >= 0.6 is 0 Å². The second kappa shape index (κ2) is 7.57. The van der Waals surface area contributed by atoms with Crippen LogP contribution in [0.4, 0.5) is 5.69 Å². The minimum atomic E-state index is -0.362. The third-order valence-corrected chi connectivity index (χ3v) is 3.37. The van der Waals surface area contributed by atoms with E-state index in [-0.39, 0.29) is 17.8 Å². The highest BCUT2D eigenvalue weighted by atomic mass is 16.5. The SMILES string of the molecule is CCOc1ncc(NC(=O)c2ccc3ccccc3n2)c(OCC)n1. The number of benzene rings is 1. The molecule has 128 valence electrons. The zero-order valence-electron chi connectivity index (χ0n) is 14.0. The van der Waals surface area contributed by atoms with Crippen LogP contribution in [0.5, 0.6) is 11.9 Å². The Labute approximate surface area is 145 Å². The zero-order chi connectivity index (χ0) is 17.6. The summed E-state index contributed by atoms with van der Waals surface area (Å²) in [6, 6.07) is 11.3. The highest BCUT2D eigenvalue weighted by Crippen LogP contribution is 2.24. The van der Waals surface area contributed by atoms with E-state index >= 15 is 0 Å². The third-order valence-electron chi connectivity index (χ3n) is 3.37. The molecular formula is C18H18N4O3. The number of hydrogen-bond donors (Lipinski definition) is 1. The highest BCUT2D eigenvalue weighted by molar-refractivity contribution is 6.04. The van der Waals surface area contributed by atoms with Crippen LogP contribution in [0.15, 0.2) is 42.6 Å².